The number of amides is 1. The average Bonchev–Trinajstić information content (AvgIpc) is 3.14. The first-order valence-electron chi connectivity index (χ1n) is 7.62. The molecule has 3 heterocycles. The van der Waals surface area contributed by atoms with Gasteiger partial charge in [0.15, 0.2) is 5.82 Å². The number of nitrogens with zero attached hydrogens (tertiary/aromatic N) is 4. The second-order valence-corrected chi connectivity index (χ2v) is 6.27. The maximum absolute atomic E-state index is 12.2. The van der Waals surface area contributed by atoms with Crippen molar-refractivity contribution in [3.8, 4) is 0 Å². The van der Waals surface area contributed by atoms with E-state index in [1.165, 1.54) is 0 Å². The van der Waals surface area contributed by atoms with Crippen LogP contribution in [0.1, 0.15) is 35.9 Å². The molecule has 124 valence electrons. The lowest BCUT2D eigenvalue weighted by Gasteiger charge is -2.23. The third-order valence-corrected chi connectivity index (χ3v) is 4.58. The van der Waals surface area contributed by atoms with Gasteiger partial charge in [-0.15, -0.1) is 0 Å². The minimum atomic E-state index is -0.108. The van der Waals surface area contributed by atoms with Crippen molar-refractivity contribution in [1.82, 2.24) is 19.8 Å². The lowest BCUT2D eigenvalue weighted by molar-refractivity contribution is -0.117. The Morgan fingerprint density at radius 1 is 1.52 bits per heavy atom. The number of anilines is 1. The lowest BCUT2D eigenvalue weighted by Crippen LogP contribution is -2.33. The van der Waals surface area contributed by atoms with Gasteiger partial charge >= 0.3 is 0 Å². The van der Waals surface area contributed by atoms with Crippen LogP contribution in [0.15, 0.2) is 10.6 Å². The van der Waals surface area contributed by atoms with Crippen LogP contribution in [0.3, 0.4) is 0 Å². The fourth-order valence-electron chi connectivity index (χ4n) is 3.16. The molecule has 1 saturated heterocycles. The number of carbonyl (C=O) groups excluding carboxylic acids is 1. The van der Waals surface area contributed by atoms with Gasteiger partial charge in [0.1, 0.15) is 10.9 Å². The first-order valence-corrected chi connectivity index (χ1v) is 7.99. The molecular formula is C15H20ClN5O2. The van der Waals surface area contributed by atoms with E-state index in [1.54, 1.807) is 17.7 Å². The van der Waals surface area contributed by atoms with Gasteiger partial charge < -0.3 is 9.84 Å². The monoisotopic (exact) mass is 337 g/mol. The van der Waals surface area contributed by atoms with Gasteiger partial charge in [-0.25, -0.2) is 0 Å². The topological polar surface area (TPSA) is 76.2 Å². The molecule has 0 radical (unpaired) electrons. The lowest BCUT2D eigenvalue weighted by atomic mass is 10.1. The van der Waals surface area contributed by atoms with Crippen LogP contribution in [-0.4, -0.2) is 38.8 Å². The molecule has 3 rings (SSSR count). The second-order valence-electron chi connectivity index (χ2n) is 5.91. The van der Waals surface area contributed by atoms with E-state index >= 15 is 0 Å². The van der Waals surface area contributed by atoms with Crippen LogP contribution >= 0.6 is 11.6 Å². The smallest absolute Gasteiger partial charge is 0.239 e. The summed E-state index contributed by atoms with van der Waals surface area (Å²) in [5, 5.41) is 11.6. The molecule has 1 unspecified atom stereocenters. The zero-order chi connectivity index (χ0) is 16.6. The summed E-state index contributed by atoms with van der Waals surface area (Å²) in [6.45, 7) is 4.89. The van der Waals surface area contributed by atoms with E-state index in [1.807, 2.05) is 14.0 Å². The number of hydrogen-bond acceptors (Lipinski definition) is 5. The second kappa shape index (κ2) is 6.33. The summed E-state index contributed by atoms with van der Waals surface area (Å²) in [4.78, 5) is 14.4. The number of likely N-dealkylation sites (tertiary alicyclic amines) is 1. The SMILES string of the molecule is Cc1cc(NC(=O)CN2CCCC2c2c(C)nn(C)c2Cl)no1. The highest BCUT2D eigenvalue weighted by Crippen LogP contribution is 2.37. The summed E-state index contributed by atoms with van der Waals surface area (Å²) in [5.74, 6) is 0.999. The van der Waals surface area contributed by atoms with Crippen molar-refractivity contribution in [2.75, 3.05) is 18.4 Å². The van der Waals surface area contributed by atoms with Crippen LogP contribution < -0.4 is 5.32 Å². The van der Waals surface area contributed by atoms with Crippen molar-refractivity contribution in [2.45, 2.75) is 32.7 Å². The molecule has 0 aliphatic carbocycles. The average molecular weight is 338 g/mol. The van der Waals surface area contributed by atoms with Gasteiger partial charge in [-0.3, -0.25) is 14.4 Å². The van der Waals surface area contributed by atoms with Crippen molar-refractivity contribution < 1.29 is 9.32 Å². The van der Waals surface area contributed by atoms with Gasteiger partial charge in [-0.2, -0.15) is 5.10 Å². The molecule has 0 spiro atoms. The fourth-order valence-corrected chi connectivity index (χ4v) is 3.46. The highest BCUT2D eigenvalue weighted by Gasteiger charge is 2.32. The maximum atomic E-state index is 12.2. The molecule has 1 N–H and O–H groups in total. The molecule has 8 heteroatoms. The molecule has 1 fully saturated rings. The number of aromatic nitrogens is 3. The van der Waals surface area contributed by atoms with Crippen LogP contribution in [0.25, 0.3) is 0 Å². The normalized spacial score (nSPS) is 18.5. The Bertz CT molecular complexity index is 724. The summed E-state index contributed by atoms with van der Waals surface area (Å²) < 4.78 is 6.63. The Balaban J connectivity index is 1.70. The highest BCUT2D eigenvalue weighted by atomic mass is 35.5. The van der Waals surface area contributed by atoms with Gasteiger partial charge in [0.25, 0.3) is 0 Å². The molecular weight excluding hydrogens is 318 g/mol. The molecule has 2 aromatic heterocycles. The first kappa shape index (κ1) is 16.0. The van der Waals surface area contributed by atoms with Gasteiger partial charge in [0.2, 0.25) is 5.91 Å². The third kappa shape index (κ3) is 3.25. The van der Waals surface area contributed by atoms with Gasteiger partial charge in [-0.1, -0.05) is 16.8 Å². The summed E-state index contributed by atoms with van der Waals surface area (Å²) in [5.41, 5.74) is 1.94. The van der Waals surface area contributed by atoms with E-state index in [9.17, 15) is 4.79 Å². The molecule has 2 aromatic rings. The molecule has 1 aliphatic heterocycles. The van der Waals surface area contributed by atoms with Crippen molar-refractivity contribution in [3.05, 3.63) is 28.2 Å². The van der Waals surface area contributed by atoms with Crippen LogP contribution in [0.2, 0.25) is 5.15 Å². The molecule has 7 nitrogen and oxygen atoms in total. The molecule has 1 atom stereocenters. The van der Waals surface area contributed by atoms with Crippen molar-refractivity contribution >= 4 is 23.3 Å². The largest absolute Gasteiger partial charge is 0.360 e. The highest BCUT2D eigenvalue weighted by molar-refractivity contribution is 6.30. The van der Waals surface area contributed by atoms with Crippen molar-refractivity contribution in [2.24, 2.45) is 7.05 Å². The summed E-state index contributed by atoms with van der Waals surface area (Å²) >= 11 is 6.38. The predicted octanol–water partition coefficient (Wildman–Crippen LogP) is 2.45. The fraction of sp³-hybridized carbons (Fsp3) is 0.533. The van der Waals surface area contributed by atoms with Crippen LogP contribution in [-0.2, 0) is 11.8 Å². The Hall–Kier alpha value is -1.86. The van der Waals surface area contributed by atoms with Gasteiger partial charge in [0, 0.05) is 24.7 Å². The molecule has 0 saturated carbocycles. The van der Waals surface area contributed by atoms with Crippen LogP contribution in [0.5, 0.6) is 0 Å². The number of nitrogens with one attached hydrogen (secondary N) is 1. The first-order chi connectivity index (χ1) is 11.0. The van der Waals surface area contributed by atoms with E-state index in [0.29, 0.717) is 23.3 Å². The van der Waals surface area contributed by atoms with Crippen molar-refractivity contribution in [3.63, 3.8) is 0 Å². The van der Waals surface area contributed by atoms with Crippen LogP contribution in [0.4, 0.5) is 5.82 Å². The molecule has 0 aromatic carbocycles. The molecule has 0 bridgehead atoms. The minimum absolute atomic E-state index is 0.108. The zero-order valence-corrected chi connectivity index (χ0v) is 14.2. The Morgan fingerprint density at radius 3 is 2.91 bits per heavy atom. The summed E-state index contributed by atoms with van der Waals surface area (Å²) in [7, 11) is 1.83. The minimum Gasteiger partial charge on any atom is -0.360 e. The van der Waals surface area contributed by atoms with E-state index in [0.717, 1.165) is 30.6 Å². The number of rotatable bonds is 4. The quantitative estimate of drug-likeness (QED) is 0.927. The molecule has 1 amide bonds. The van der Waals surface area contributed by atoms with Gasteiger partial charge in [0.05, 0.1) is 12.2 Å². The Morgan fingerprint density at radius 2 is 2.30 bits per heavy atom. The van der Waals surface area contributed by atoms with E-state index in [-0.39, 0.29) is 11.9 Å². The standard InChI is InChI=1S/C15H20ClN5O2/c1-9-7-12(19-23-9)17-13(22)8-21-6-4-5-11(21)14-10(2)18-20(3)15(14)16/h7,11H,4-6,8H2,1-3H3,(H,17,19,22). The van der Waals surface area contributed by atoms with E-state index in [4.69, 9.17) is 16.1 Å². The number of hydrogen-bond donors (Lipinski definition) is 1. The number of carbonyl (C=O) groups is 1. The van der Waals surface area contributed by atoms with Crippen molar-refractivity contribution in [1.29, 1.82) is 0 Å². The zero-order valence-electron chi connectivity index (χ0n) is 13.5. The molecule has 23 heavy (non-hydrogen) atoms. The summed E-state index contributed by atoms with van der Waals surface area (Å²) in [6, 6.07) is 1.82. The Labute approximate surface area is 139 Å². The predicted molar refractivity (Wildman–Crippen MR) is 86.4 cm³/mol. The third-order valence-electron chi connectivity index (χ3n) is 4.14. The Kier molecular flexibility index (Phi) is 4.41. The number of aryl methyl sites for hydroxylation is 3. The number of halogens is 1. The maximum Gasteiger partial charge on any atom is 0.239 e. The van der Waals surface area contributed by atoms with E-state index < -0.39 is 0 Å². The van der Waals surface area contributed by atoms with Crippen LogP contribution in [0, 0.1) is 13.8 Å². The molecule has 1 aliphatic rings. The summed E-state index contributed by atoms with van der Waals surface area (Å²) in [6.07, 6.45) is 2.01. The van der Waals surface area contributed by atoms with Gasteiger partial charge in [-0.05, 0) is 33.2 Å². The van der Waals surface area contributed by atoms with E-state index in [2.05, 4.69) is 20.5 Å².